The molecule has 2 aromatic rings. The molecule has 0 saturated carbocycles. The maximum Gasteiger partial charge on any atom is 0.474 e. The minimum Gasteiger partial charge on any atom is -0.490 e. The Morgan fingerprint density at radius 1 is 1.30 bits per heavy atom. The first-order valence-corrected chi connectivity index (χ1v) is 17.4. The third kappa shape index (κ3) is 9.33. The van der Waals surface area contributed by atoms with E-state index in [1.54, 1.807) is 13.0 Å². The molecule has 1 amide bonds. The van der Waals surface area contributed by atoms with Crippen molar-refractivity contribution in [1.82, 2.24) is 10.3 Å². The van der Waals surface area contributed by atoms with Crippen LogP contribution in [0.4, 0.5) is 17.6 Å². The number of ether oxygens (including phenoxy) is 2. The predicted octanol–water partition coefficient (Wildman–Crippen LogP) is 6.99. The highest BCUT2D eigenvalue weighted by atomic mass is 33.1. The molecule has 0 spiro atoms. The van der Waals surface area contributed by atoms with E-state index in [0.29, 0.717) is 47.2 Å². The molecule has 0 saturated heterocycles. The zero-order valence-electron chi connectivity index (χ0n) is 24.6. The molecule has 0 aliphatic carbocycles. The fraction of sp³-hybridized carbons (Fsp3) is 0.414. The Morgan fingerprint density at radius 3 is 2.66 bits per heavy atom. The van der Waals surface area contributed by atoms with Crippen molar-refractivity contribution in [2.75, 3.05) is 32.6 Å². The minimum absolute atomic E-state index is 0.0434. The van der Waals surface area contributed by atoms with Crippen LogP contribution in [0, 0.1) is 5.82 Å². The van der Waals surface area contributed by atoms with Gasteiger partial charge in [0.1, 0.15) is 37.6 Å². The monoisotopic (exact) mass is 674 g/mol. The molecule has 1 aliphatic rings. The number of nitrogens with one attached hydrogen (secondary N) is 1. The van der Waals surface area contributed by atoms with Crippen LogP contribution in [-0.2, 0) is 31.3 Å². The number of hydrogen-bond donors (Lipinski definition) is 1. The third-order valence-electron chi connectivity index (χ3n) is 6.25. The van der Waals surface area contributed by atoms with Crippen molar-refractivity contribution in [3.63, 3.8) is 0 Å². The Hall–Kier alpha value is -2.85. The Bertz CT molecular complexity index is 1550. The number of benzene rings is 1. The van der Waals surface area contributed by atoms with Gasteiger partial charge in [-0.15, -0.1) is 15.7 Å². The lowest BCUT2D eigenvalue weighted by molar-refractivity contribution is -0.169. The lowest BCUT2D eigenvalue weighted by atomic mass is 10.0. The summed E-state index contributed by atoms with van der Waals surface area (Å²) in [4.78, 5) is 21.9. The number of nitrogens with zero attached hydrogens (tertiary/aromatic N) is 3. The average Bonchev–Trinajstić information content (AvgIpc) is 3.39. The molecular formula is C29H34F4N4O4S3. The number of thiazole rings is 1. The summed E-state index contributed by atoms with van der Waals surface area (Å²) in [5.74, 6) is -3.44. The van der Waals surface area contributed by atoms with Crippen LogP contribution in [0.5, 0.6) is 5.75 Å². The normalized spacial score (nSPS) is 15.6. The topological polar surface area (TPSA) is 102 Å². The molecule has 1 N–H and O–H groups in total. The second-order valence-electron chi connectivity index (χ2n) is 9.43. The molecule has 0 fully saturated rings. The summed E-state index contributed by atoms with van der Waals surface area (Å²) in [7, 11) is -2.08. The maximum absolute atomic E-state index is 14.4. The molecular weight excluding hydrogens is 641 g/mol. The summed E-state index contributed by atoms with van der Waals surface area (Å²) in [6, 6.07) is 3.70. The van der Waals surface area contributed by atoms with Crippen molar-refractivity contribution in [2.24, 2.45) is 9.36 Å². The van der Waals surface area contributed by atoms with E-state index < -0.39 is 32.4 Å². The fourth-order valence-electron chi connectivity index (χ4n) is 4.23. The zero-order chi connectivity index (χ0) is 32.5. The first-order chi connectivity index (χ1) is 20.9. The molecule has 3 rings (SSSR count). The highest BCUT2D eigenvalue weighted by Crippen LogP contribution is 2.45. The SMILES string of the molecule is C=N/C(=C(\C(=C)SS(=O)(C/C(=C/CC)CC)=NC(=O)C(F)(F)F)c1ccc(F)cc1OCCOC)c1nc2c(s1)CNCC2. The molecule has 1 atom stereocenters. The van der Waals surface area contributed by atoms with E-state index in [1.165, 1.54) is 30.6 Å². The summed E-state index contributed by atoms with van der Waals surface area (Å²) in [5, 5.41) is 3.69. The van der Waals surface area contributed by atoms with Crippen LogP contribution in [0.1, 0.15) is 47.8 Å². The summed E-state index contributed by atoms with van der Waals surface area (Å²) >= 11 is 1.33. The average molecular weight is 675 g/mol. The molecule has 2 heterocycles. The number of methoxy groups -OCH3 is 1. The molecule has 1 aromatic carbocycles. The van der Waals surface area contributed by atoms with E-state index >= 15 is 0 Å². The fourth-order valence-corrected chi connectivity index (χ4v) is 9.38. The number of allylic oxidation sites excluding steroid dienone is 2. The first kappa shape index (κ1) is 35.6. The number of aromatic nitrogens is 1. The number of amides is 1. The summed E-state index contributed by atoms with van der Waals surface area (Å²) in [6.45, 7) is 12.9. The Balaban J connectivity index is 2.28. The number of aliphatic imine (C=N–C) groups is 1. The molecule has 1 unspecified atom stereocenters. The molecule has 240 valence electrons. The molecule has 1 aromatic heterocycles. The van der Waals surface area contributed by atoms with E-state index in [4.69, 9.17) is 14.5 Å². The predicted molar refractivity (Wildman–Crippen MR) is 170 cm³/mol. The van der Waals surface area contributed by atoms with E-state index in [-0.39, 0.29) is 40.7 Å². The molecule has 8 nitrogen and oxygen atoms in total. The van der Waals surface area contributed by atoms with E-state index in [2.05, 4.69) is 28.0 Å². The second kappa shape index (κ2) is 15.9. The molecule has 15 heteroatoms. The van der Waals surface area contributed by atoms with Crippen LogP contribution in [0.25, 0.3) is 11.3 Å². The van der Waals surface area contributed by atoms with Crippen molar-refractivity contribution in [1.29, 1.82) is 0 Å². The Kier molecular flexibility index (Phi) is 12.9. The quantitative estimate of drug-likeness (QED) is 0.0576. The first-order valence-electron chi connectivity index (χ1n) is 13.6. The van der Waals surface area contributed by atoms with Gasteiger partial charge >= 0.3 is 12.1 Å². The summed E-state index contributed by atoms with van der Waals surface area (Å²) in [5.41, 5.74) is 1.99. The number of hydrogen-bond acceptors (Lipinski definition) is 9. The van der Waals surface area contributed by atoms with E-state index in [1.807, 2.05) is 6.92 Å². The molecule has 0 radical (unpaired) electrons. The van der Waals surface area contributed by atoms with Crippen LogP contribution in [-0.4, -0.2) is 60.6 Å². The molecule has 44 heavy (non-hydrogen) atoms. The lowest BCUT2D eigenvalue weighted by Gasteiger charge is -2.19. The van der Waals surface area contributed by atoms with Gasteiger partial charge < -0.3 is 14.8 Å². The standard InChI is InChI=1S/C29H34F4N4O4S3/c1-6-8-19(7-2)17-44(39,37-28(38)29(31,32)33)43-18(3)25(21-10-9-20(30)15-23(21)41-14-13-40-5)26(34-4)27-36-22-11-12-35-16-24(22)42-27/h8-10,15,35H,3-4,6-7,11-14,16-17H2,1-2,5H3/b19-8+,26-25+. The number of alkyl halides is 3. The highest BCUT2D eigenvalue weighted by molar-refractivity contribution is 8.74. The lowest BCUT2D eigenvalue weighted by Crippen LogP contribution is -2.22. The van der Waals surface area contributed by atoms with Crippen molar-refractivity contribution < 1.29 is 36.0 Å². The molecule has 1 aliphatic heterocycles. The van der Waals surface area contributed by atoms with E-state index in [0.717, 1.165) is 23.2 Å². The van der Waals surface area contributed by atoms with Gasteiger partial charge in [0.25, 0.3) is 0 Å². The van der Waals surface area contributed by atoms with Crippen molar-refractivity contribution in [2.45, 2.75) is 45.8 Å². The van der Waals surface area contributed by atoms with Gasteiger partial charge in [-0.2, -0.15) is 13.2 Å². The van der Waals surface area contributed by atoms with Crippen LogP contribution in [0.15, 0.2) is 50.7 Å². The highest BCUT2D eigenvalue weighted by Gasteiger charge is 2.40. The number of halogens is 4. The maximum atomic E-state index is 14.4. The van der Waals surface area contributed by atoms with Gasteiger partial charge in [-0.3, -0.25) is 9.79 Å². The largest absolute Gasteiger partial charge is 0.490 e. The van der Waals surface area contributed by atoms with E-state index in [9.17, 15) is 26.6 Å². The van der Waals surface area contributed by atoms with Crippen molar-refractivity contribution in [3.8, 4) is 5.75 Å². The second-order valence-corrected chi connectivity index (χ2v) is 14.9. The summed E-state index contributed by atoms with van der Waals surface area (Å²) < 4.78 is 82.7. The molecule has 0 bridgehead atoms. The van der Waals surface area contributed by atoms with Gasteiger partial charge in [-0.05, 0) is 42.5 Å². The number of carbonyl (C=O) groups excluding carboxylic acids is 1. The van der Waals surface area contributed by atoms with Gasteiger partial charge in [0.05, 0.1) is 18.1 Å². The number of fused-ring (bicyclic) bond motifs is 1. The van der Waals surface area contributed by atoms with Gasteiger partial charge in [-0.25, -0.2) is 13.6 Å². The van der Waals surface area contributed by atoms with Gasteiger partial charge in [0.2, 0.25) is 0 Å². The minimum atomic E-state index is -5.33. The number of carbonyl (C=O) groups is 1. The van der Waals surface area contributed by atoms with Gasteiger partial charge in [-0.1, -0.05) is 32.1 Å². The Morgan fingerprint density at radius 2 is 2.05 bits per heavy atom. The van der Waals surface area contributed by atoms with Crippen LogP contribution in [0.3, 0.4) is 0 Å². The van der Waals surface area contributed by atoms with Crippen molar-refractivity contribution >= 4 is 54.8 Å². The van der Waals surface area contributed by atoms with Crippen molar-refractivity contribution in [3.05, 3.63) is 68.3 Å². The number of rotatable bonds is 14. The Labute approximate surface area is 262 Å². The van der Waals surface area contributed by atoms with Gasteiger partial charge in [0.15, 0.2) is 0 Å². The zero-order valence-corrected chi connectivity index (χ0v) is 27.0. The van der Waals surface area contributed by atoms with Crippen LogP contribution >= 0.6 is 22.1 Å². The van der Waals surface area contributed by atoms with Crippen LogP contribution < -0.4 is 10.1 Å². The smallest absolute Gasteiger partial charge is 0.474 e. The van der Waals surface area contributed by atoms with Gasteiger partial charge in [0, 0.05) is 53.6 Å². The van der Waals surface area contributed by atoms with Crippen LogP contribution in [0.2, 0.25) is 0 Å². The summed E-state index contributed by atoms with van der Waals surface area (Å²) in [6.07, 6.45) is -2.01. The third-order valence-corrected chi connectivity index (χ3v) is 11.2.